The predicted octanol–water partition coefficient (Wildman–Crippen LogP) is 2.73. The van der Waals surface area contributed by atoms with E-state index in [1.807, 2.05) is 4.57 Å². The lowest BCUT2D eigenvalue weighted by molar-refractivity contribution is 0.0911. The van der Waals surface area contributed by atoms with Gasteiger partial charge in [0.2, 0.25) is 0 Å². The molecule has 1 N–H and O–H groups in total. The number of carbonyl (C=O) groups excluding carboxylic acids is 1. The Morgan fingerprint density at radius 3 is 2.79 bits per heavy atom. The molecule has 1 aromatic heterocycles. The summed E-state index contributed by atoms with van der Waals surface area (Å²) in [6.45, 7) is 6.17. The summed E-state index contributed by atoms with van der Waals surface area (Å²) in [6.07, 6.45) is 7.21. The zero-order valence-corrected chi connectivity index (χ0v) is 16.7. The van der Waals surface area contributed by atoms with E-state index in [0.717, 1.165) is 70.5 Å². The molecule has 3 heterocycles. The minimum Gasteiger partial charge on any atom is -0.349 e. The first-order valence-corrected chi connectivity index (χ1v) is 10.7. The fourth-order valence-electron chi connectivity index (χ4n) is 4.45. The van der Waals surface area contributed by atoms with Crippen LogP contribution < -0.4 is 10.9 Å². The molecule has 0 aliphatic carbocycles. The number of nitrogens with zero attached hydrogens (tertiary/aromatic N) is 3. The Labute approximate surface area is 165 Å². The van der Waals surface area contributed by atoms with Gasteiger partial charge in [0.15, 0.2) is 0 Å². The molecule has 0 atom stereocenters. The van der Waals surface area contributed by atoms with Gasteiger partial charge in [-0.2, -0.15) is 0 Å². The Kier molecular flexibility index (Phi) is 5.76. The minimum absolute atomic E-state index is 0.0251. The summed E-state index contributed by atoms with van der Waals surface area (Å²) in [5.74, 6) is 0.795. The van der Waals surface area contributed by atoms with Crippen LogP contribution in [0.2, 0.25) is 0 Å². The Balaban J connectivity index is 1.51. The zero-order valence-electron chi connectivity index (χ0n) is 16.7. The summed E-state index contributed by atoms with van der Waals surface area (Å²) >= 11 is 0. The fraction of sp³-hybridized carbons (Fsp3) is 0.591. The number of nitrogens with one attached hydrogen (secondary N) is 1. The third-order valence-electron chi connectivity index (χ3n) is 6.04. The van der Waals surface area contributed by atoms with Crippen molar-refractivity contribution in [3.8, 4) is 0 Å². The Hall–Kier alpha value is -2.21. The van der Waals surface area contributed by atoms with Gasteiger partial charge >= 0.3 is 0 Å². The van der Waals surface area contributed by atoms with Crippen LogP contribution in [0.1, 0.15) is 61.6 Å². The van der Waals surface area contributed by atoms with Crippen molar-refractivity contribution in [3.63, 3.8) is 0 Å². The van der Waals surface area contributed by atoms with Crippen LogP contribution in [-0.2, 0) is 13.0 Å². The van der Waals surface area contributed by atoms with Crippen LogP contribution in [0.15, 0.2) is 23.0 Å². The summed E-state index contributed by atoms with van der Waals surface area (Å²) in [5.41, 5.74) is 1.26. The molecule has 1 amide bonds. The van der Waals surface area contributed by atoms with Crippen molar-refractivity contribution in [1.29, 1.82) is 0 Å². The average molecular weight is 383 g/mol. The fourth-order valence-corrected chi connectivity index (χ4v) is 4.45. The molecule has 150 valence electrons. The number of rotatable bonds is 4. The number of hydrogen-bond acceptors (Lipinski definition) is 4. The second kappa shape index (κ2) is 8.43. The van der Waals surface area contributed by atoms with Crippen molar-refractivity contribution in [3.05, 3.63) is 39.9 Å². The molecule has 6 nitrogen and oxygen atoms in total. The highest BCUT2D eigenvalue weighted by atomic mass is 16.1. The number of carbonyl (C=O) groups is 1. The molecule has 0 spiro atoms. The van der Waals surface area contributed by atoms with Crippen LogP contribution in [0.5, 0.6) is 0 Å². The normalized spacial score (nSPS) is 18.6. The molecular weight excluding hydrogens is 352 g/mol. The maximum absolute atomic E-state index is 12.8. The van der Waals surface area contributed by atoms with Crippen LogP contribution in [0.4, 0.5) is 0 Å². The lowest BCUT2D eigenvalue weighted by Crippen LogP contribution is -2.44. The molecule has 1 aromatic carbocycles. The SMILES string of the molecule is CCCN1CCC(NC(=O)c2ccc3c(=O)n4c(nc3c2)CCCCC4)CC1. The molecule has 2 aliphatic rings. The number of amides is 1. The van der Waals surface area contributed by atoms with Gasteiger partial charge in [-0.3, -0.25) is 14.2 Å². The molecule has 0 unspecified atom stereocenters. The maximum Gasteiger partial charge on any atom is 0.261 e. The second-order valence-corrected chi connectivity index (χ2v) is 8.12. The Bertz CT molecular complexity index is 913. The quantitative estimate of drug-likeness (QED) is 0.883. The van der Waals surface area contributed by atoms with E-state index in [0.29, 0.717) is 16.5 Å². The van der Waals surface area contributed by atoms with E-state index >= 15 is 0 Å². The van der Waals surface area contributed by atoms with Gasteiger partial charge in [-0.05, 0) is 56.8 Å². The predicted molar refractivity (Wildman–Crippen MR) is 111 cm³/mol. The van der Waals surface area contributed by atoms with E-state index in [-0.39, 0.29) is 17.5 Å². The third-order valence-corrected chi connectivity index (χ3v) is 6.04. The van der Waals surface area contributed by atoms with E-state index < -0.39 is 0 Å². The number of aromatic nitrogens is 2. The van der Waals surface area contributed by atoms with E-state index in [1.54, 1.807) is 18.2 Å². The van der Waals surface area contributed by atoms with Crippen molar-refractivity contribution >= 4 is 16.8 Å². The first-order valence-electron chi connectivity index (χ1n) is 10.7. The molecule has 2 aromatic rings. The maximum atomic E-state index is 12.8. The van der Waals surface area contributed by atoms with Crippen LogP contribution in [0, 0.1) is 0 Å². The number of piperidine rings is 1. The summed E-state index contributed by atoms with van der Waals surface area (Å²) in [4.78, 5) is 32.8. The van der Waals surface area contributed by atoms with Crippen LogP contribution in [-0.4, -0.2) is 46.0 Å². The van der Waals surface area contributed by atoms with Crippen molar-refractivity contribution < 1.29 is 4.79 Å². The van der Waals surface area contributed by atoms with Crippen molar-refractivity contribution in [2.24, 2.45) is 0 Å². The summed E-state index contributed by atoms with van der Waals surface area (Å²) in [7, 11) is 0. The molecule has 1 fully saturated rings. The lowest BCUT2D eigenvalue weighted by Gasteiger charge is -2.32. The number of hydrogen-bond donors (Lipinski definition) is 1. The minimum atomic E-state index is -0.0623. The van der Waals surface area contributed by atoms with Crippen molar-refractivity contribution in [1.82, 2.24) is 19.8 Å². The van der Waals surface area contributed by atoms with Crippen molar-refractivity contribution in [2.45, 2.75) is 64.5 Å². The highest BCUT2D eigenvalue weighted by molar-refractivity contribution is 5.97. The summed E-state index contributed by atoms with van der Waals surface area (Å²) in [5, 5.41) is 3.78. The van der Waals surface area contributed by atoms with Gasteiger partial charge in [-0.15, -0.1) is 0 Å². The highest BCUT2D eigenvalue weighted by Gasteiger charge is 2.21. The van der Waals surface area contributed by atoms with E-state index in [9.17, 15) is 9.59 Å². The molecule has 4 rings (SSSR count). The molecular formula is C22H30N4O2. The van der Waals surface area contributed by atoms with Gasteiger partial charge in [-0.25, -0.2) is 4.98 Å². The molecule has 6 heteroatoms. The Morgan fingerprint density at radius 2 is 2.00 bits per heavy atom. The largest absolute Gasteiger partial charge is 0.349 e. The van der Waals surface area contributed by atoms with Gasteiger partial charge in [0, 0.05) is 37.7 Å². The molecule has 0 bridgehead atoms. The highest BCUT2D eigenvalue weighted by Crippen LogP contribution is 2.17. The van der Waals surface area contributed by atoms with Gasteiger partial charge in [0.25, 0.3) is 11.5 Å². The van der Waals surface area contributed by atoms with E-state index in [2.05, 4.69) is 17.1 Å². The summed E-state index contributed by atoms with van der Waals surface area (Å²) < 4.78 is 1.82. The van der Waals surface area contributed by atoms with E-state index in [1.165, 1.54) is 6.42 Å². The first kappa shape index (κ1) is 19.1. The average Bonchev–Trinajstić information content (AvgIpc) is 2.95. The van der Waals surface area contributed by atoms with Gasteiger partial charge < -0.3 is 10.2 Å². The molecule has 0 radical (unpaired) electrons. The molecule has 28 heavy (non-hydrogen) atoms. The van der Waals surface area contributed by atoms with Crippen LogP contribution in [0.3, 0.4) is 0 Å². The van der Waals surface area contributed by atoms with Crippen LogP contribution >= 0.6 is 0 Å². The standard InChI is InChI=1S/C22H30N4O2/c1-2-11-25-13-9-17(10-14-25)23-21(27)16-7-8-18-19(15-16)24-20-6-4-3-5-12-26(20)22(18)28/h7-8,15,17H,2-6,9-14H2,1H3,(H,23,27). The van der Waals surface area contributed by atoms with Crippen molar-refractivity contribution in [2.75, 3.05) is 19.6 Å². The Morgan fingerprint density at radius 1 is 1.18 bits per heavy atom. The molecule has 0 saturated carbocycles. The first-order chi connectivity index (χ1) is 13.7. The van der Waals surface area contributed by atoms with Crippen LogP contribution in [0.25, 0.3) is 10.9 Å². The summed E-state index contributed by atoms with van der Waals surface area (Å²) in [6, 6.07) is 5.53. The number of benzene rings is 1. The topological polar surface area (TPSA) is 67.2 Å². The number of aryl methyl sites for hydroxylation is 1. The lowest BCUT2D eigenvalue weighted by atomic mass is 10.0. The monoisotopic (exact) mass is 382 g/mol. The number of fused-ring (bicyclic) bond motifs is 2. The molecule has 2 aliphatic heterocycles. The van der Waals surface area contributed by atoms with Gasteiger partial charge in [-0.1, -0.05) is 13.3 Å². The van der Waals surface area contributed by atoms with Gasteiger partial charge in [0.05, 0.1) is 10.9 Å². The number of likely N-dealkylation sites (tertiary alicyclic amines) is 1. The zero-order chi connectivity index (χ0) is 19.5. The second-order valence-electron chi connectivity index (χ2n) is 8.12. The third kappa shape index (κ3) is 3.97. The smallest absolute Gasteiger partial charge is 0.261 e. The van der Waals surface area contributed by atoms with E-state index in [4.69, 9.17) is 4.98 Å². The van der Waals surface area contributed by atoms with Gasteiger partial charge in [0.1, 0.15) is 5.82 Å². The molecule has 1 saturated heterocycles.